The number of carbonyl (C=O) groups is 2. The fourth-order valence-electron chi connectivity index (χ4n) is 4.02. The number of nitrogens with zero attached hydrogens (tertiary/aromatic N) is 1. The van der Waals surface area contributed by atoms with Gasteiger partial charge in [0.1, 0.15) is 23.7 Å². The number of aliphatic hydroxyl groups is 1. The molecule has 4 N–H and O–H groups in total. The van der Waals surface area contributed by atoms with Crippen molar-refractivity contribution in [3.05, 3.63) is 65.0 Å². The highest BCUT2D eigenvalue weighted by Crippen LogP contribution is 2.39. The zero-order valence-corrected chi connectivity index (χ0v) is 20.7. The van der Waals surface area contributed by atoms with Gasteiger partial charge in [0.05, 0.1) is 13.0 Å². The fraction of sp³-hybridized carbons (Fsp3) is 0.440. The molecular formula is C25H32FN3O4S. The molecule has 9 heteroatoms. The maximum Gasteiger partial charge on any atom is 0.254 e. The number of benzene rings is 2. The third-order valence-electron chi connectivity index (χ3n) is 6.13. The summed E-state index contributed by atoms with van der Waals surface area (Å²) in [7, 11) is 1.57. The number of halogens is 1. The zero-order chi connectivity index (χ0) is 25.0. The minimum Gasteiger partial charge on any atom is -0.497 e. The van der Waals surface area contributed by atoms with Crippen LogP contribution in [0.4, 0.5) is 4.39 Å². The lowest BCUT2D eigenvalue weighted by atomic mass is 9.97. The van der Waals surface area contributed by atoms with E-state index in [9.17, 15) is 19.1 Å². The second-order valence-electron chi connectivity index (χ2n) is 9.04. The van der Waals surface area contributed by atoms with Gasteiger partial charge in [-0.15, -0.1) is 11.8 Å². The highest BCUT2D eigenvalue weighted by atomic mass is 32.2. The molecule has 34 heavy (non-hydrogen) atoms. The van der Waals surface area contributed by atoms with E-state index >= 15 is 0 Å². The summed E-state index contributed by atoms with van der Waals surface area (Å²) < 4.78 is 18.2. The molecule has 1 aliphatic rings. The number of hydrogen-bond acceptors (Lipinski definition) is 6. The average molecular weight is 490 g/mol. The summed E-state index contributed by atoms with van der Waals surface area (Å²) >= 11 is 1.46. The highest BCUT2D eigenvalue weighted by Gasteiger charge is 2.49. The Morgan fingerprint density at radius 1 is 1.29 bits per heavy atom. The molecule has 1 unspecified atom stereocenters. The normalized spacial score (nSPS) is 18.9. The lowest BCUT2D eigenvalue weighted by Gasteiger charge is -2.32. The molecule has 2 aromatic rings. The summed E-state index contributed by atoms with van der Waals surface area (Å²) in [4.78, 5) is 27.7. The molecule has 1 heterocycles. The molecule has 0 saturated carbocycles. The molecule has 2 aromatic carbocycles. The Morgan fingerprint density at radius 2 is 1.97 bits per heavy atom. The van der Waals surface area contributed by atoms with Gasteiger partial charge in [-0.2, -0.15) is 0 Å². The Balaban J connectivity index is 1.68. The Morgan fingerprint density at radius 3 is 2.62 bits per heavy atom. The molecule has 0 bridgehead atoms. The summed E-state index contributed by atoms with van der Waals surface area (Å²) in [5, 5.41) is 13.6. The molecule has 0 aliphatic carbocycles. The second-order valence-corrected chi connectivity index (χ2v) is 10.6. The molecule has 1 aliphatic heterocycles. The average Bonchev–Trinajstić information content (AvgIpc) is 3.13. The van der Waals surface area contributed by atoms with Gasteiger partial charge >= 0.3 is 0 Å². The van der Waals surface area contributed by atoms with Gasteiger partial charge in [-0.1, -0.05) is 18.2 Å². The molecule has 1 saturated heterocycles. The number of aliphatic hydroxyl groups excluding tert-OH is 1. The van der Waals surface area contributed by atoms with Gasteiger partial charge in [0.15, 0.2) is 0 Å². The first kappa shape index (κ1) is 26.0. The van der Waals surface area contributed by atoms with Crippen molar-refractivity contribution in [2.75, 3.05) is 13.0 Å². The smallest absolute Gasteiger partial charge is 0.254 e. The van der Waals surface area contributed by atoms with Crippen LogP contribution < -0.4 is 15.8 Å². The molecule has 1 fully saturated rings. The number of thioether (sulfide) groups is 1. The number of nitrogens with two attached hydrogens (primary N) is 1. The third-order valence-corrected chi connectivity index (χ3v) is 7.51. The molecule has 184 valence electrons. The van der Waals surface area contributed by atoms with E-state index in [2.05, 4.69) is 5.32 Å². The Hall–Kier alpha value is -2.62. The Labute approximate surface area is 203 Å². The van der Waals surface area contributed by atoms with Crippen molar-refractivity contribution in [1.29, 1.82) is 0 Å². The first-order chi connectivity index (χ1) is 16.0. The summed E-state index contributed by atoms with van der Waals surface area (Å²) in [5.41, 5.74) is 8.55. The van der Waals surface area contributed by atoms with Crippen molar-refractivity contribution in [2.24, 2.45) is 5.73 Å². The SMILES string of the molecule is COc1ccc(C[C@H](N)[C@H](O)C(=O)N2CSC(C)(C)C2C(=O)NCc2cc(F)ccc2C)cc1. The molecular weight excluding hydrogens is 457 g/mol. The van der Waals surface area contributed by atoms with Gasteiger partial charge in [-0.25, -0.2) is 4.39 Å². The van der Waals surface area contributed by atoms with E-state index in [1.165, 1.54) is 28.8 Å². The molecule has 7 nitrogen and oxygen atoms in total. The number of hydrogen-bond donors (Lipinski definition) is 3. The number of rotatable bonds is 8. The standard InChI is InChI=1S/C25H32FN3O4S/c1-15-5-8-18(26)12-17(15)13-28-23(31)22-25(2,3)34-14-29(22)24(32)21(30)20(27)11-16-6-9-19(33-4)10-7-16/h5-10,12,20-22,30H,11,13-14,27H2,1-4H3,(H,28,31)/t20-,21-,22?/m0/s1. The maximum atomic E-state index is 13.6. The van der Waals surface area contributed by atoms with Crippen LogP contribution in [0.5, 0.6) is 5.75 Å². The topological polar surface area (TPSA) is 105 Å². The maximum absolute atomic E-state index is 13.6. The molecule has 2 amide bonds. The van der Waals surface area contributed by atoms with Gasteiger partial charge in [0, 0.05) is 17.3 Å². The van der Waals surface area contributed by atoms with Crippen molar-refractivity contribution in [3.63, 3.8) is 0 Å². The lowest BCUT2D eigenvalue weighted by molar-refractivity contribution is -0.147. The fourth-order valence-corrected chi connectivity index (χ4v) is 5.16. The number of methoxy groups -OCH3 is 1. The quantitative estimate of drug-likeness (QED) is 0.526. The van der Waals surface area contributed by atoms with Crippen molar-refractivity contribution in [2.45, 2.75) is 56.7 Å². The van der Waals surface area contributed by atoms with Crippen LogP contribution in [0.3, 0.4) is 0 Å². The Kier molecular flexibility index (Phi) is 8.22. The number of aryl methyl sites for hydroxylation is 1. The van der Waals surface area contributed by atoms with Gasteiger partial charge in [-0.3, -0.25) is 9.59 Å². The minimum atomic E-state index is -1.46. The Bertz CT molecular complexity index is 1030. The summed E-state index contributed by atoms with van der Waals surface area (Å²) in [6.45, 7) is 5.74. The van der Waals surface area contributed by atoms with E-state index in [0.29, 0.717) is 11.3 Å². The first-order valence-corrected chi connectivity index (χ1v) is 12.1. The number of carbonyl (C=O) groups excluding carboxylic acids is 2. The summed E-state index contributed by atoms with van der Waals surface area (Å²) in [5.74, 6) is -0.357. The van der Waals surface area contributed by atoms with E-state index in [-0.39, 0.29) is 30.6 Å². The van der Waals surface area contributed by atoms with Crippen molar-refractivity contribution in [1.82, 2.24) is 10.2 Å². The van der Waals surface area contributed by atoms with E-state index in [4.69, 9.17) is 10.5 Å². The van der Waals surface area contributed by atoms with Crippen LogP contribution in [0.2, 0.25) is 0 Å². The van der Waals surface area contributed by atoms with Gasteiger partial charge in [0.25, 0.3) is 5.91 Å². The van der Waals surface area contributed by atoms with E-state index in [1.807, 2.05) is 32.9 Å². The summed E-state index contributed by atoms with van der Waals surface area (Å²) in [6, 6.07) is 10.00. The van der Waals surface area contributed by atoms with Crippen LogP contribution in [0, 0.1) is 12.7 Å². The van der Waals surface area contributed by atoms with Gasteiger partial charge in [-0.05, 0) is 68.1 Å². The van der Waals surface area contributed by atoms with Crippen LogP contribution in [-0.2, 0) is 22.6 Å². The zero-order valence-electron chi connectivity index (χ0n) is 19.9. The monoisotopic (exact) mass is 489 g/mol. The number of ether oxygens (including phenoxy) is 1. The molecule has 0 radical (unpaired) electrons. The predicted molar refractivity (Wildman–Crippen MR) is 131 cm³/mol. The lowest BCUT2D eigenvalue weighted by Crippen LogP contribution is -2.57. The first-order valence-electron chi connectivity index (χ1n) is 11.1. The third kappa shape index (κ3) is 5.89. The molecule has 0 aromatic heterocycles. The summed E-state index contributed by atoms with van der Waals surface area (Å²) in [6.07, 6.45) is -1.17. The van der Waals surface area contributed by atoms with Gasteiger partial charge < -0.3 is 25.8 Å². The highest BCUT2D eigenvalue weighted by molar-refractivity contribution is 8.00. The van der Waals surface area contributed by atoms with E-state index in [1.54, 1.807) is 25.3 Å². The van der Waals surface area contributed by atoms with Crippen LogP contribution in [0.25, 0.3) is 0 Å². The van der Waals surface area contributed by atoms with E-state index < -0.39 is 28.8 Å². The molecule has 3 rings (SSSR count). The number of nitrogens with one attached hydrogen (secondary N) is 1. The van der Waals surface area contributed by atoms with Crippen molar-refractivity contribution >= 4 is 23.6 Å². The van der Waals surface area contributed by atoms with Crippen LogP contribution in [0.15, 0.2) is 42.5 Å². The molecule has 0 spiro atoms. The predicted octanol–water partition coefficient (Wildman–Crippen LogP) is 2.37. The van der Waals surface area contributed by atoms with Crippen LogP contribution >= 0.6 is 11.8 Å². The van der Waals surface area contributed by atoms with Gasteiger partial charge in [0.2, 0.25) is 5.91 Å². The second kappa shape index (κ2) is 10.8. The van der Waals surface area contributed by atoms with Crippen molar-refractivity contribution < 1.29 is 23.8 Å². The minimum absolute atomic E-state index is 0.140. The number of amides is 2. The van der Waals surface area contributed by atoms with Crippen LogP contribution in [-0.4, -0.2) is 57.7 Å². The van der Waals surface area contributed by atoms with Crippen LogP contribution in [0.1, 0.15) is 30.5 Å². The van der Waals surface area contributed by atoms with Crippen molar-refractivity contribution in [3.8, 4) is 5.75 Å². The van der Waals surface area contributed by atoms with E-state index in [0.717, 1.165) is 11.1 Å². The largest absolute Gasteiger partial charge is 0.497 e. The molecule has 3 atom stereocenters.